The van der Waals surface area contributed by atoms with E-state index in [1.807, 2.05) is 19.3 Å². The number of nitrogens with one attached hydrogen (secondary N) is 2. The number of hydrogen-bond acceptors (Lipinski definition) is 4. The first-order chi connectivity index (χ1) is 14.6. The van der Waals surface area contributed by atoms with Crippen molar-refractivity contribution < 1.29 is 9.59 Å². The van der Waals surface area contributed by atoms with Gasteiger partial charge in [0.1, 0.15) is 5.82 Å². The van der Waals surface area contributed by atoms with Crippen molar-refractivity contribution >= 4 is 41.8 Å². The number of imide groups is 1. The molecule has 31 heavy (non-hydrogen) atoms. The number of aromatic nitrogens is 2. The average molecular weight is 540 g/mol. The molecule has 1 saturated carbocycles. The first-order valence-corrected chi connectivity index (χ1v) is 11.1. The number of likely N-dealkylation sites (tertiary alicyclic amines) is 1. The molecule has 2 heterocycles. The number of amides is 2. The normalized spacial score (nSPS) is 26.4. The summed E-state index contributed by atoms with van der Waals surface area (Å²) in [5, 5.41) is 6.60. The van der Waals surface area contributed by atoms with E-state index in [-0.39, 0.29) is 59.5 Å². The van der Waals surface area contributed by atoms with Gasteiger partial charge in [-0.3, -0.25) is 19.5 Å². The van der Waals surface area contributed by atoms with Crippen LogP contribution < -0.4 is 10.6 Å². The minimum Gasteiger partial charge on any atom is -0.356 e. The fraction of sp³-hybridized carbons (Fsp3) is 0.636. The number of carbonyl (C=O) groups is 2. The van der Waals surface area contributed by atoms with Crippen molar-refractivity contribution in [3.05, 3.63) is 30.4 Å². The molecule has 2 amide bonds. The summed E-state index contributed by atoms with van der Waals surface area (Å²) < 4.78 is 2.16. The van der Waals surface area contributed by atoms with Gasteiger partial charge in [-0.05, 0) is 44.4 Å². The molecule has 0 aromatic carbocycles. The third kappa shape index (κ3) is 4.96. The minimum absolute atomic E-state index is 0. The van der Waals surface area contributed by atoms with Crippen LogP contribution in [0.4, 0.5) is 0 Å². The monoisotopic (exact) mass is 540 g/mol. The predicted octanol–water partition coefficient (Wildman–Crippen LogP) is 1.95. The lowest BCUT2D eigenvalue weighted by atomic mass is 9.85. The second kappa shape index (κ2) is 10.6. The van der Waals surface area contributed by atoms with Crippen LogP contribution >= 0.6 is 24.0 Å². The van der Waals surface area contributed by atoms with Crippen molar-refractivity contribution in [2.45, 2.75) is 39.2 Å². The lowest BCUT2D eigenvalue weighted by Gasteiger charge is -2.18. The summed E-state index contributed by atoms with van der Waals surface area (Å²) in [6, 6.07) is 0. The fourth-order valence-electron chi connectivity index (χ4n) is 5.10. The molecular formula is C22H33IN6O2. The van der Waals surface area contributed by atoms with Crippen LogP contribution in [-0.2, 0) is 16.1 Å². The topological polar surface area (TPSA) is 91.6 Å². The molecule has 8 nitrogen and oxygen atoms in total. The molecule has 4 atom stereocenters. The van der Waals surface area contributed by atoms with Gasteiger partial charge in [0.25, 0.3) is 0 Å². The van der Waals surface area contributed by atoms with Gasteiger partial charge in [-0.25, -0.2) is 4.98 Å². The van der Waals surface area contributed by atoms with Gasteiger partial charge in [-0.1, -0.05) is 12.2 Å². The number of unbranched alkanes of at least 4 members (excludes halogenated alkanes) is 1. The molecule has 3 aliphatic rings. The molecule has 1 aromatic heterocycles. The number of aliphatic imine (C=N–C) groups is 1. The molecular weight excluding hydrogens is 507 g/mol. The number of halogens is 1. The van der Waals surface area contributed by atoms with E-state index in [0.29, 0.717) is 13.1 Å². The maximum atomic E-state index is 12.7. The molecule has 2 fully saturated rings. The van der Waals surface area contributed by atoms with Crippen molar-refractivity contribution in [3.8, 4) is 0 Å². The minimum atomic E-state index is -0.0963. The predicted molar refractivity (Wildman–Crippen MR) is 130 cm³/mol. The van der Waals surface area contributed by atoms with Crippen LogP contribution in [0.1, 0.15) is 31.5 Å². The van der Waals surface area contributed by atoms with E-state index in [1.165, 1.54) is 4.90 Å². The van der Waals surface area contributed by atoms with Gasteiger partial charge in [0, 0.05) is 45.6 Å². The Bertz CT molecular complexity index is 821. The molecule has 0 radical (unpaired) electrons. The maximum absolute atomic E-state index is 12.7. The van der Waals surface area contributed by atoms with Crippen molar-refractivity contribution in [2.75, 3.05) is 26.7 Å². The third-order valence-electron chi connectivity index (χ3n) is 6.68. The Balaban J connectivity index is 0.00000272. The summed E-state index contributed by atoms with van der Waals surface area (Å²) in [7, 11) is 1.75. The lowest BCUT2D eigenvalue weighted by Crippen LogP contribution is -2.40. The number of allylic oxidation sites excluding steroid dienone is 2. The van der Waals surface area contributed by atoms with E-state index in [2.05, 4.69) is 37.3 Å². The van der Waals surface area contributed by atoms with E-state index in [1.54, 1.807) is 7.05 Å². The first-order valence-electron chi connectivity index (χ1n) is 11.1. The Morgan fingerprint density at radius 3 is 2.29 bits per heavy atom. The fourth-order valence-corrected chi connectivity index (χ4v) is 5.10. The quantitative estimate of drug-likeness (QED) is 0.125. The van der Waals surface area contributed by atoms with Gasteiger partial charge < -0.3 is 15.2 Å². The third-order valence-corrected chi connectivity index (χ3v) is 6.68. The molecule has 170 valence electrons. The smallest absolute Gasteiger partial charge is 0.233 e. The molecule has 4 unspecified atom stereocenters. The van der Waals surface area contributed by atoms with Crippen LogP contribution in [-0.4, -0.2) is 58.9 Å². The molecule has 1 saturated heterocycles. The van der Waals surface area contributed by atoms with Crippen LogP contribution in [0, 0.1) is 30.6 Å². The highest BCUT2D eigenvalue weighted by molar-refractivity contribution is 14.0. The number of imidazole rings is 1. The zero-order valence-corrected chi connectivity index (χ0v) is 20.6. The van der Waals surface area contributed by atoms with Crippen LogP contribution in [0.3, 0.4) is 0 Å². The number of nitrogens with zero attached hydrogens (tertiary/aromatic N) is 4. The van der Waals surface area contributed by atoms with Crippen molar-refractivity contribution in [3.63, 3.8) is 0 Å². The van der Waals surface area contributed by atoms with E-state index in [4.69, 9.17) is 0 Å². The zero-order chi connectivity index (χ0) is 21.1. The molecule has 2 aliphatic carbocycles. The molecule has 0 spiro atoms. The number of fused-ring (bicyclic) bond motifs is 5. The number of guanidine groups is 1. The Kier molecular flexibility index (Phi) is 8.12. The van der Waals surface area contributed by atoms with Gasteiger partial charge in [0.05, 0.1) is 11.8 Å². The van der Waals surface area contributed by atoms with Gasteiger partial charge in [0.2, 0.25) is 11.8 Å². The van der Waals surface area contributed by atoms with Crippen LogP contribution in [0.5, 0.6) is 0 Å². The highest BCUT2D eigenvalue weighted by atomic mass is 127. The van der Waals surface area contributed by atoms with Gasteiger partial charge in [-0.15, -0.1) is 24.0 Å². The number of hydrogen-bond donors (Lipinski definition) is 2. The Labute approximate surface area is 201 Å². The molecule has 1 aliphatic heterocycles. The van der Waals surface area contributed by atoms with Gasteiger partial charge >= 0.3 is 0 Å². The molecule has 2 bridgehead atoms. The van der Waals surface area contributed by atoms with Crippen molar-refractivity contribution in [2.24, 2.45) is 28.7 Å². The van der Waals surface area contributed by atoms with E-state index >= 15 is 0 Å². The summed E-state index contributed by atoms with van der Waals surface area (Å²) >= 11 is 0. The van der Waals surface area contributed by atoms with Crippen LogP contribution in [0.15, 0.2) is 29.5 Å². The SMILES string of the molecule is CN=C(NCCCCn1ccnc1C)NCCCN1C(=O)C2C3C=CC(C3)C2C1=O.I. The molecule has 4 rings (SSSR count). The average Bonchev–Trinajstić information content (AvgIpc) is 3.50. The zero-order valence-electron chi connectivity index (χ0n) is 18.3. The number of aryl methyl sites for hydroxylation is 2. The Hall–Kier alpha value is -1.91. The molecule has 1 aromatic rings. The lowest BCUT2D eigenvalue weighted by molar-refractivity contribution is -0.140. The standard InChI is InChI=1S/C22H32N6O2.HI/c1-15-24-10-13-27(15)11-4-3-8-25-22(23-2)26-9-5-12-28-20(29)18-16-6-7-17(14-16)19(18)21(28)30;/h6-7,10,13,16-19H,3-5,8-9,11-12,14H2,1-2H3,(H2,23,25,26);1H. The number of rotatable bonds is 9. The molecule has 2 N–H and O–H groups in total. The second-order valence-electron chi connectivity index (χ2n) is 8.48. The summed E-state index contributed by atoms with van der Waals surface area (Å²) in [6.45, 7) is 4.98. The Morgan fingerprint density at radius 1 is 1.06 bits per heavy atom. The van der Waals surface area contributed by atoms with Crippen molar-refractivity contribution in [1.29, 1.82) is 0 Å². The van der Waals surface area contributed by atoms with E-state index in [0.717, 1.165) is 50.6 Å². The van der Waals surface area contributed by atoms with E-state index in [9.17, 15) is 9.59 Å². The van der Waals surface area contributed by atoms with E-state index < -0.39 is 0 Å². The van der Waals surface area contributed by atoms with Crippen molar-refractivity contribution in [1.82, 2.24) is 25.1 Å². The number of carbonyl (C=O) groups excluding carboxylic acids is 2. The van der Waals surface area contributed by atoms with Crippen LogP contribution in [0.2, 0.25) is 0 Å². The summed E-state index contributed by atoms with van der Waals surface area (Å²) in [4.78, 5) is 35.4. The summed E-state index contributed by atoms with van der Waals surface area (Å²) in [5.41, 5.74) is 0. The highest BCUT2D eigenvalue weighted by Crippen LogP contribution is 2.52. The second-order valence-corrected chi connectivity index (χ2v) is 8.48. The first kappa shape index (κ1) is 23.7. The highest BCUT2D eigenvalue weighted by Gasteiger charge is 2.58. The van der Waals surface area contributed by atoms with Crippen LogP contribution in [0.25, 0.3) is 0 Å². The maximum Gasteiger partial charge on any atom is 0.233 e. The summed E-state index contributed by atoms with van der Waals surface area (Å²) in [6.07, 6.45) is 11.9. The van der Waals surface area contributed by atoms with Gasteiger partial charge in [-0.2, -0.15) is 0 Å². The molecule has 9 heteroatoms. The summed E-state index contributed by atoms with van der Waals surface area (Å²) in [5.74, 6) is 2.24. The Morgan fingerprint density at radius 2 is 1.71 bits per heavy atom. The van der Waals surface area contributed by atoms with Gasteiger partial charge in [0.15, 0.2) is 5.96 Å². The largest absolute Gasteiger partial charge is 0.356 e.